The number of cyclic esters (lactones) is 1. The van der Waals surface area contributed by atoms with Gasteiger partial charge in [-0.1, -0.05) is 0 Å². The summed E-state index contributed by atoms with van der Waals surface area (Å²) < 4.78 is 9.39. The lowest BCUT2D eigenvalue weighted by Crippen LogP contribution is -2.41. The summed E-state index contributed by atoms with van der Waals surface area (Å²) in [5.74, 6) is -0.645. The van der Waals surface area contributed by atoms with Crippen molar-refractivity contribution in [1.82, 2.24) is 5.32 Å². The molecule has 1 amide bonds. The predicted octanol–water partition coefficient (Wildman–Crippen LogP) is 0.145. The number of carbonyl (C=O) groups is 2. The van der Waals surface area contributed by atoms with Crippen molar-refractivity contribution in [2.75, 3.05) is 0 Å². The van der Waals surface area contributed by atoms with Crippen molar-refractivity contribution < 1.29 is 24.2 Å². The minimum atomic E-state index is -1.14. The maximum absolute atomic E-state index is 11.2. The fraction of sp³-hybridized carbons (Fsp3) is 0.778. The summed E-state index contributed by atoms with van der Waals surface area (Å²) in [7, 11) is 0. The number of hydrogen-bond donors (Lipinski definition) is 2. The molecular weight excluding hydrogens is 202 g/mol. The summed E-state index contributed by atoms with van der Waals surface area (Å²) in [4.78, 5) is 22.3. The fourth-order valence-corrected chi connectivity index (χ4v) is 1.13. The molecule has 86 valence electrons. The number of ether oxygens (including phenoxy) is 2. The van der Waals surface area contributed by atoms with Gasteiger partial charge in [-0.05, 0) is 20.8 Å². The summed E-state index contributed by atoms with van der Waals surface area (Å²) in [6.45, 7) is 5.15. The number of hydrogen-bond acceptors (Lipinski definition) is 5. The molecule has 1 heterocycles. The molecule has 2 N–H and O–H groups in total. The second kappa shape index (κ2) is 4.06. The zero-order valence-corrected chi connectivity index (χ0v) is 8.94. The van der Waals surface area contributed by atoms with Crippen LogP contribution in [0.25, 0.3) is 0 Å². The lowest BCUT2D eigenvalue weighted by atomic mass is 10.2. The Bertz CT molecular complexity index is 270. The highest BCUT2D eigenvalue weighted by Gasteiger charge is 2.35. The highest BCUT2D eigenvalue weighted by molar-refractivity contribution is 5.82. The highest BCUT2D eigenvalue weighted by Crippen LogP contribution is 2.13. The van der Waals surface area contributed by atoms with Gasteiger partial charge < -0.3 is 19.9 Å². The molecule has 0 radical (unpaired) electrons. The normalized spacial score (nSPS) is 26.0. The molecule has 6 heteroatoms. The van der Waals surface area contributed by atoms with Crippen LogP contribution < -0.4 is 5.32 Å². The Hall–Kier alpha value is -1.30. The van der Waals surface area contributed by atoms with Gasteiger partial charge in [-0.2, -0.15) is 0 Å². The summed E-state index contributed by atoms with van der Waals surface area (Å²) >= 11 is 0. The predicted molar refractivity (Wildman–Crippen MR) is 49.9 cm³/mol. The quantitative estimate of drug-likeness (QED) is 0.610. The van der Waals surface area contributed by atoms with E-state index in [2.05, 4.69) is 10.1 Å². The maximum atomic E-state index is 11.2. The third kappa shape index (κ3) is 3.75. The summed E-state index contributed by atoms with van der Waals surface area (Å²) in [5.41, 5.74) is -0.620. The first kappa shape index (κ1) is 11.8. The molecule has 1 fully saturated rings. The molecule has 0 aromatic rings. The van der Waals surface area contributed by atoms with Gasteiger partial charge in [0.2, 0.25) is 6.29 Å². The van der Waals surface area contributed by atoms with E-state index in [1.165, 1.54) is 0 Å². The molecule has 6 nitrogen and oxygen atoms in total. The van der Waals surface area contributed by atoms with Crippen molar-refractivity contribution in [2.45, 2.75) is 45.1 Å². The van der Waals surface area contributed by atoms with Gasteiger partial charge in [0.25, 0.3) is 0 Å². The number of nitrogens with one attached hydrogen (secondary N) is 1. The minimum Gasteiger partial charge on any atom is -0.444 e. The van der Waals surface area contributed by atoms with Gasteiger partial charge in [-0.3, -0.25) is 0 Å². The second-order valence-corrected chi connectivity index (χ2v) is 4.33. The average Bonchev–Trinajstić information content (AvgIpc) is 2.25. The summed E-state index contributed by atoms with van der Waals surface area (Å²) in [6, 6.07) is -0.824. The number of rotatable bonds is 1. The van der Waals surface area contributed by atoms with E-state index in [1.807, 2.05) is 0 Å². The first-order chi connectivity index (χ1) is 6.78. The molecule has 1 saturated heterocycles. The largest absolute Gasteiger partial charge is 0.444 e. The molecule has 0 aliphatic carbocycles. The molecule has 1 unspecified atom stereocenters. The van der Waals surface area contributed by atoms with E-state index in [1.54, 1.807) is 20.8 Å². The number of esters is 1. The monoisotopic (exact) mass is 217 g/mol. The molecule has 1 aliphatic rings. The molecule has 0 bridgehead atoms. The van der Waals surface area contributed by atoms with Gasteiger partial charge in [-0.25, -0.2) is 9.59 Å². The molecular formula is C9H15NO5. The molecule has 0 aromatic carbocycles. The number of aliphatic hydroxyl groups excluding tert-OH is 1. The highest BCUT2D eigenvalue weighted by atomic mass is 16.6. The SMILES string of the molecule is CC(C)(C)OC(=O)N[C@@H]1CC(O)OC1=O. The van der Waals surface area contributed by atoms with Crippen molar-refractivity contribution in [3.05, 3.63) is 0 Å². The third-order valence-electron chi connectivity index (χ3n) is 1.67. The lowest BCUT2D eigenvalue weighted by molar-refractivity contribution is -0.154. The Kier molecular flexibility index (Phi) is 3.18. The first-order valence-corrected chi connectivity index (χ1v) is 4.66. The maximum Gasteiger partial charge on any atom is 0.408 e. The van der Waals surface area contributed by atoms with Crippen molar-refractivity contribution in [1.29, 1.82) is 0 Å². The van der Waals surface area contributed by atoms with E-state index in [0.717, 1.165) is 0 Å². The summed E-state index contributed by atoms with van der Waals surface area (Å²) in [6.07, 6.45) is -1.78. The van der Waals surface area contributed by atoms with Gasteiger partial charge >= 0.3 is 12.1 Å². The van der Waals surface area contributed by atoms with Crippen LogP contribution in [0.15, 0.2) is 0 Å². The number of amides is 1. The van der Waals surface area contributed by atoms with Crippen LogP contribution in [0.2, 0.25) is 0 Å². The van der Waals surface area contributed by atoms with Crippen molar-refractivity contribution in [2.24, 2.45) is 0 Å². The Morgan fingerprint density at radius 3 is 2.60 bits per heavy atom. The molecule has 1 aliphatic heterocycles. The molecule has 15 heavy (non-hydrogen) atoms. The van der Waals surface area contributed by atoms with E-state index >= 15 is 0 Å². The molecule has 0 spiro atoms. The number of carbonyl (C=O) groups excluding carboxylic acids is 2. The van der Waals surface area contributed by atoms with Crippen LogP contribution in [-0.4, -0.2) is 35.1 Å². The van der Waals surface area contributed by atoms with E-state index in [-0.39, 0.29) is 6.42 Å². The van der Waals surface area contributed by atoms with E-state index in [9.17, 15) is 9.59 Å². The topological polar surface area (TPSA) is 84.9 Å². The fourth-order valence-electron chi connectivity index (χ4n) is 1.13. The van der Waals surface area contributed by atoms with Crippen LogP contribution in [0.3, 0.4) is 0 Å². The molecule has 0 aromatic heterocycles. The van der Waals surface area contributed by atoms with E-state index in [0.29, 0.717) is 0 Å². The molecule has 0 saturated carbocycles. The first-order valence-electron chi connectivity index (χ1n) is 4.66. The third-order valence-corrected chi connectivity index (χ3v) is 1.67. The van der Waals surface area contributed by atoms with Crippen LogP contribution in [0.5, 0.6) is 0 Å². The Morgan fingerprint density at radius 1 is 1.60 bits per heavy atom. The lowest BCUT2D eigenvalue weighted by Gasteiger charge is -2.20. The van der Waals surface area contributed by atoms with Crippen LogP contribution >= 0.6 is 0 Å². The minimum absolute atomic E-state index is 0.0536. The van der Waals surface area contributed by atoms with E-state index in [4.69, 9.17) is 9.84 Å². The van der Waals surface area contributed by atoms with E-state index < -0.39 is 30.0 Å². The van der Waals surface area contributed by atoms with Crippen LogP contribution in [-0.2, 0) is 14.3 Å². The van der Waals surface area contributed by atoms with Gasteiger partial charge in [0.15, 0.2) is 0 Å². The second-order valence-electron chi connectivity index (χ2n) is 4.33. The van der Waals surface area contributed by atoms with Gasteiger partial charge in [-0.15, -0.1) is 0 Å². The molecule has 1 rings (SSSR count). The molecule has 2 atom stereocenters. The van der Waals surface area contributed by atoms with Crippen molar-refractivity contribution in [3.63, 3.8) is 0 Å². The zero-order chi connectivity index (χ0) is 11.6. The number of aliphatic hydroxyl groups is 1. The van der Waals surface area contributed by atoms with Crippen LogP contribution in [0.1, 0.15) is 27.2 Å². The number of alkyl carbamates (subject to hydrolysis) is 1. The van der Waals surface area contributed by atoms with Crippen LogP contribution in [0, 0.1) is 0 Å². The smallest absolute Gasteiger partial charge is 0.408 e. The van der Waals surface area contributed by atoms with Crippen molar-refractivity contribution >= 4 is 12.1 Å². The average molecular weight is 217 g/mol. The zero-order valence-electron chi connectivity index (χ0n) is 8.94. The standard InChI is InChI=1S/C9H15NO5/c1-9(2,3)15-8(13)10-5-4-6(11)14-7(5)12/h5-6,11H,4H2,1-3H3,(H,10,13)/t5-,6?/m1/s1. The van der Waals surface area contributed by atoms with Crippen molar-refractivity contribution in [3.8, 4) is 0 Å². The van der Waals surface area contributed by atoms with Gasteiger partial charge in [0.05, 0.1) is 0 Å². The Labute approximate surface area is 87.5 Å². The summed E-state index contributed by atoms with van der Waals surface area (Å²) in [5, 5.41) is 11.3. The Balaban J connectivity index is 2.42. The van der Waals surface area contributed by atoms with Gasteiger partial charge in [0, 0.05) is 6.42 Å². The van der Waals surface area contributed by atoms with Crippen LogP contribution in [0.4, 0.5) is 4.79 Å². The van der Waals surface area contributed by atoms with Gasteiger partial charge in [0.1, 0.15) is 11.6 Å². The Morgan fingerprint density at radius 2 is 2.20 bits per heavy atom.